The van der Waals surface area contributed by atoms with E-state index in [0.29, 0.717) is 48.8 Å². The third-order valence-corrected chi connectivity index (χ3v) is 4.24. The number of rotatable bonds is 9. The molecule has 0 spiro atoms. The Hall–Kier alpha value is -3.12. The maximum atomic E-state index is 12.4. The second-order valence-corrected chi connectivity index (χ2v) is 6.13. The van der Waals surface area contributed by atoms with E-state index in [9.17, 15) is 4.79 Å². The van der Waals surface area contributed by atoms with Crippen LogP contribution in [0.2, 0.25) is 0 Å². The van der Waals surface area contributed by atoms with E-state index < -0.39 is 0 Å². The summed E-state index contributed by atoms with van der Waals surface area (Å²) in [4.78, 5) is 16.7. The van der Waals surface area contributed by atoms with Gasteiger partial charge in [-0.05, 0) is 36.8 Å². The molecule has 6 nitrogen and oxygen atoms in total. The van der Waals surface area contributed by atoms with E-state index in [2.05, 4.69) is 4.98 Å². The van der Waals surface area contributed by atoms with Crippen molar-refractivity contribution < 1.29 is 14.2 Å². The minimum Gasteiger partial charge on any atom is -0.493 e. The number of methoxy groups -OCH3 is 1. The first-order valence-corrected chi connectivity index (χ1v) is 9.18. The number of hydrogen-bond acceptors (Lipinski definition) is 5. The Kier molecular flexibility index (Phi) is 6.81. The van der Waals surface area contributed by atoms with Crippen molar-refractivity contribution in [3.63, 3.8) is 0 Å². The molecule has 0 fully saturated rings. The summed E-state index contributed by atoms with van der Waals surface area (Å²) in [6.45, 7) is 3.62. The molecular weight excluding hydrogens is 356 g/mol. The van der Waals surface area contributed by atoms with Crippen LogP contribution < -0.4 is 15.0 Å². The first-order chi connectivity index (χ1) is 13.7. The lowest BCUT2D eigenvalue weighted by molar-refractivity contribution is 0.0928. The van der Waals surface area contributed by atoms with E-state index >= 15 is 0 Å². The Morgan fingerprint density at radius 3 is 2.75 bits per heavy atom. The van der Waals surface area contributed by atoms with Crippen molar-refractivity contribution in [3.05, 3.63) is 70.8 Å². The maximum absolute atomic E-state index is 12.4. The van der Waals surface area contributed by atoms with Gasteiger partial charge >= 0.3 is 0 Å². The van der Waals surface area contributed by atoms with Crippen LogP contribution in [0.15, 0.2) is 59.7 Å². The lowest BCUT2D eigenvalue weighted by Crippen LogP contribution is -2.23. The van der Waals surface area contributed by atoms with Crippen molar-refractivity contribution in [2.75, 3.05) is 26.9 Å². The molecule has 0 N–H and O–H groups in total. The molecule has 3 rings (SSSR count). The molecule has 146 valence electrons. The van der Waals surface area contributed by atoms with Crippen LogP contribution in [0.5, 0.6) is 11.5 Å². The first-order valence-electron chi connectivity index (χ1n) is 9.18. The maximum Gasteiger partial charge on any atom is 0.261 e. The molecule has 6 heteroatoms. The summed E-state index contributed by atoms with van der Waals surface area (Å²) in [5.74, 6) is 1.36. The zero-order valence-electron chi connectivity index (χ0n) is 16.1. The van der Waals surface area contributed by atoms with E-state index in [4.69, 9.17) is 14.2 Å². The van der Waals surface area contributed by atoms with Crippen LogP contribution in [0.3, 0.4) is 0 Å². The van der Waals surface area contributed by atoms with Crippen molar-refractivity contribution in [2.24, 2.45) is 0 Å². The van der Waals surface area contributed by atoms with E-state index in [-0.39, 0.29) is 5.56 Å². The monoisotopic (exact) mass is 380 g/mol. The van der Waals surface area contributed by atoms with E-state index in [1.807, 2.05) is 55.5 Å². The Bertz CT molecular complexity index is 1010. The Morgan fingerprint density at radius 2 is 1.93 bits per heavy atom. The van der Waals surface area contributed by atoms with Gasteiger partial charge in [0.15, 0.2) is 11.5 Å². The number of benzene rings is 2. The van der Waals surface area contributed by atoms with Gasteiger partial charge in [-0.15, -0.1) is 0 Å². The molecule has 0 radical (unpaired) electrons. The molecule has 0 unspecified atom stereocenters. The van der Waals surface area contributed by atoms with Crippen molar-refractivity contribution in [1.29, 1.82) is 0 Å². The normalized spacial score (nSPS) is 11.2. The number of nitrogens with zero attached hydrogens (tertiary/aromatic N) is 2. The van der Waals surface area contributed by atoms with Crippen LogP contribution in [0.1, 0.15) is 12.5 Å². The van der Waals surface area contributed by atoms with Gasteiger partial charge in [-0.25, -0.2) is 4.98 Å². The third-order valence-electron chi connectivity index (χ3n) is 4.24. The lowest BCUT2D eigenvalue weighted by Gasteiger charge is -2.12. The fraction of sp³-hybridized carbons (Fsp3) is 0.273. The van der Waals surface area contributed by atoms with Gasteiger partial charge in [0.2, 0.25) is 0 Å². The molecule has 1 heterocycles. The van der Waals surface area contributed by atoms with Gasteiger partial charge in [0, 0.05) is 0 Å². The fourth-order valence-corrected chi connectivity index (χ4v) is 2.84. The van der Waals surface area contributed by atoms with Gasteiger partial charge in [0.25, 0.3) is 5.56 Å². The highest BCUT2D eigenvalue weighted by Gasteiger charge is 2.05. The smallest absolute Gasteiger partial charge is 0.261 e. The van der Waals surface area contributed by atoms with Crippen LogP contribution in [-0.2, 0) is 11.3 Å². The average Bonchev–Trinajstić information content (AvgIpc) is 2.73. The van der Waals surface area contributed by atoms with Gasteiger partial charge in [0.1, 0.15) is 6.61 Å². The highest BCUT2D eigenvalue weighted by molar-refractivity contribution is 5.76. The molecule has 2 aromatic carbocycles. The summed E-state index contributed by atoms with van der Waals surface area (Å²) < 4.78 is 18.3. The van der Waals surface area contributed by atoms with Crippen LogP contribution >= 0.6 is 0 Å². The Labute approximate surface area is 164 Å². The van der Waals surface area contributed by atoms with Gasteiger partial charge < -0.3 is 14.2 Å². The van der Waals surface area contributed by atoms with Crippen LogP contribution in [0.4, 0.5) is 0 Å². The molecule has 0 amide bonds. The zero-order chi connectivity index (χ0) is 19.8. The standard InChI is InChI=1S/C22H24N2O4/c1-3-6-17-9-10-20(21(15-17)26-2)28-14-13-27-12-11-24-16-23-19-8-5-4-7-18(19)22(24)25/h3-10,15-16H,11-14H2,1-2H3. The number of aromatic nitrogens is 2. The summed E-state index contributed by atoms with van der Waals surface area (Å²) in [7, 11) is 1.62. The molecule has 0 atom stereocenters. The molecule has 0 saturated carbocycles. The summed E-state index contributed by atoms with van der Waals surface area (Å²) in [5, 5.41) is 0.613. The summed E-state index contributed by atoms with van der Waals surface area (Å²) in [5.41, 5.74) is 1.70. The number of hydrogen-bond donors (Lipinski definition) is 0. The number of para-hydroxylation sites is 1. The second kappa shape index (κ2) is 9.71. The van der Waals surface area contributed by atoms with Gasteiger partial charge in [-0.1, -0.05) is 30.4 Å². The Morgan fingerprint density at radius 1 is 1.07 bits per heavy atom. The van der Waals surface area contributed by atoms with Crippen molar-refractivity contribution in [3.8, 4) is 11.5 Å². The fourth-order valence-electron chi connectivity index (χ4n) is 2.84. The van der Waals surface area contributed by atoms with Crippen LogP contribution in [0, 0.1) is 0 Å². The van der Waals surface area contributed by atoms with E-state index in [1.165, 1.54) is 0 Å². The minimum absolute atomic E-state index is 0.0589. The number of fused-ring (bicyclic) bond motifs is 1. The minimum atomic E-state index is -0.0589. The van der Waals surface area contributed by atoms with Crippen LogP contribution in [0.25, 0.3) is 17.0 Å². The van der Waals surface area contributed by atoms with Crippen molar-refractivity contribution in [2.45, 2.75) is 13.5 Å². The van der Waals surface area contributed by atoms with Gasteiger partial charge in [-0.3, -0.25) is 9.36 Å². The molecule has 1 aromatic heterocycles. The molecule has 0 aliphatic carbocycles. The summed E-state index contributed by atoms with van der Waals surface area (Å²) in [6, 6.07) is 13.1. The average molecular weight is 380 g/mol. The third kappa shape index (κ3) is 4.78. The second-order valence-electron chi connectivity index (χ2n) is 6.13. The predicted octanol–water partition coefficient (Wildman–Crippen LogP) is 3.53. The number of allylic oxidation sites excluding steroid dienone is 1. The van der Waals surface area contributed by atoms with Crippen LogP contribution in [-0.4, -0.2) is 36.5 Å². The van der Waals surface area contributed by atoms with Gasteiger partial charge in [0.05, 0.1) is 44.1 Å². The lowest BCUT2D eigenvalue weighted by atomic mass is 10.2. The summed E-state index contributed by atoms with van der Waals surface area (Å²) in [6.07, 6.45) is 5.53. The molecular formula is C22H24N2O4. The molecule has 0 saturated heterocycles. The molecule has 0 aliphatic rings. The highest BCUT2D eigenvalue weighted by Crippen LogP contribution is 2.28. The molecule has 0 aliphatic heterocycles. The van der Waals surface area contributed by atoms with E-state index in [1.54, 1.807) is 24.1 Å². The van der Waals surface area contributed by atoms with Crippen molar-refractivity contribution in [1.82, 2.24) is 9.55 Å². The first kappa shape index (κ1) is 19.6. The quantitative estimate of drug-likeness (QED) is 0.532. The SMILES string of the molecule is CC=Cc1ccc(OCCOCCn2cnc3ccccc3c2=O)c(OC)c1. The van der Waals surface area contributed by atoms with E-state index in [0.717, 1.165) is 5.56 Å². The predicted molar refractivity (Wildman–Crippen MR) is 110 cm³/mol. The molecule has 0 bridgehead atoms. The Balaban J connectivity index is 1.47. The van der Waals surface area contributed by atoms with Gasteiger partial charge in [-0.2, -0.15) is 0 Å². The molecule has 3 aromatic rings. The summed E-state index contributed by atoms with van der Waals surface area (Å²) >= 11 is 0. The highest BCUT2D eigenvalue weighted by atomic mass is 16.5. The largest absolute Gasteiger partial charge is 0.493 e. The molecule has 28 heavy (non-hydrogen) atoms. The van der Waals surface area contributed by atoms with Crippen molar-refractivity contribution >= 4 is 17.0 Å². The number of ether oxygens (including phenoxy) is 3. The zero-order valence-corrected chi connectivity index (χ0v) is 16.1. The topological polar surface area (TPSA) is 62.6 Å².